The summed E-state index contributed by atoms with van der Waals surface area (Å²) >= 11 is 7.31. The highest BCUT2D eigenvalue weighted by Gasteiger charge is 2.25. The number of rotatable bonds is 6. The highest BCUT2D eigenvalue weighted by atomic mass is 35.5. The molecule has 0 amide bonds. The van der Waals surface area contributed by atoms with Crippen LogP contribution < -0.4 is 4.72 Å². The summed E-state index contributed by atoms with van der Waals surface area (Å²) < 4.78 is 32.9. The first kappa shape index (κ1) is 18.8. The quantitative estimate of drug-likeness (QED) is 0.754. The van der Waals surface area contributed by atoms with E-state index in [-0.39, 0.29) is 17.5 Å². The number of ether oxygens (including phenoxy) is 1. The van der Waals surface area contributed by atoms with Gasteiger partial charge in [-0.1, -0.05) is 17.7 Å². The van der Waals surface area contributed by atoms with Crippen molar-refractivity contribution in [2.45, 2.75) is 31.6 Å². The second-order valence-electron chi connectivity index (χ2n) is 5.14. The first-order valence-electron chi connectivity index (χ1n) is 7.30. The number of thiophene rings is 1. The molecule has 2 rings (SSSR count). The average molecular weight is 388 g/mol. The van der Waals surface area contributed by atoms with E-state index in [9.17, 15) is 13.2 Å². The smallest absolute Gasteiger partial charge is 0.314 e. The molecule has 0 spiro atoms. The minimum atomic E-state index is -3.81. The molecule has 8 heteroatoms. The van der Waals surface area contributed by atoms with Gasteiger partial charge in [-0.05, 0) is 49.9 Å². The third-order valence-electron chi connectivity index (χ3n) is 3.48. The maximum Gasteiger partial charge on any atom is 0.314 e. The predicted octanol–water partition coefficient (Wildman–Crippen LogP) is 4.18. The minimum absolute atomic E-state index is 0.107. The van der Waals surface area contributed by atoms with Crippen LogP contribution in [0.5, 0.6) is 0 Å². The first-order valence-corrected chi connectivity index (χ1v) is 10.0. The van der Waals surface area contributed by atoms with Gasteiger partial charge < -0.3 is 4.74 Å². The molecule has 0 radical (unpaired) electrons. The van der Waals surface area contributed by atoms with Gasteiger partial charge in [0.05, 0.1) is 23.1 Å². The highest BCUT2D eigenvalue weighted by molar-refractivity contribution is 7.92. The highest BCUT2D eigenvalue weighted by Crippen LogP contribution is 2.33. The number of sulfonamides is 1. The number of esters is 1. The molecule has 0 aliphatic rings. The molecule has 1 heterocycles. The first-order chi connectivity index (χ1) is 11.3. The van der Waals surface area contributed by atoms with Crippen LogP contribution in [0.3, 0.4) is 0 Å². The van der Waals surface area contributed by atoms with Gasteiger partial charge in [0.25, 0.3) is 10.0 Å². The van der Waals surface area contributed by atoms with Crippen molar-refractivity contribution in [2.24, 2.45) is 0 Å². The molecule has 5 nitrogen and oxygen atoms in total. The third kappa shape index (κ3) is 3.91. The molecule has 24 heavy (non-hydrogen) atoms. The molecule has 1 N–H and O–H groups in total. The fourth-order valence-electron chi connectivity index (χ4n) is 2.19. The Hall–Kier alpha value is -1.57. The normalized spacial score (nSPS) is 12.7. The van der Waals surface area contributed by atoms with E-state index in [4.69, 9.17) is 16.3 Å². The number of hydrogen-bond donors (Lipinski definition) is 1. The molecule has 0 fully saturated rings. The molecule has 0 bridgehead atoms. The van der Waals surface area contributed by atoms with Gasteiger partial charge in [-0.3, -0.25) is 9.52 Å². The lowest BCUT2D eigenvalue weighted by atomic mass is 10.1. The maximum absolute atomic E-state index is 12.7. The van der Waals surface area contributed by atoms with Crippen molar-refractivity contribution in [1.29, 1.82) is 0 Å². The van der Waals surface area contributed by atoms with Gasteiger partial charge in [-0.2, -0.15) is 0 Å². The van der Waals surface area contributed by atoms with E-state index in [2.05, 4.69) is 4.72 Å². The second kappa shape index (κ2) is 7.55. The number of hydrogen-bond acceptors (Lipinski definition) is 5. The molecule has 130 valence electrons. The van der Waals surface area contributed by atoms with Crippen LogP contribution in [0.15, 0.2) is 34.5 Å². The summed E-state index contributed by atoms with van der Waals surface area (Å²) in [4.78, 5) is 12.6. The Morgan fingerprint density at radius 3 is 2.75 bits per heavy atom. The minimum Gasteiger partial charge on any atom is -0.466 e. The standard InChI is InChI=1S/C16H18ClNO4S2/c1-4-22-16(19)11(3)15-13(8-9-23-15)18-24(20,21)14-7-5-6-12(17)10(14)2/h5-9,11,18H,4H2,1-3H3. The zero-order valence-corrected chi connectivity index (χ0v) is 15.9. The number of carbonyl (C=O) groups is 1. The summed E-state index contributed by atoms with van der Waals surface area (Å²) in [6.45, 7) is 5.33. The van der Waals surface area contributed by atoms with Crippen LogP contribution in [0.25, 0.3) is 0 Å². The Morgan fingerprint density at radius 1 is 1.38 bits per heavy atom. The fourth-order valence-corrected chi connectivity index (χ4v) is 4.73. The maximum atomic E-state index is 12.7. The van der Waals surface area contributed by atoms with Crippen LogP contribution in [0, 0.1) is 6.92 Å². The number of carbonyl (C=O) groups excluding carboxylic acids is 1. The van der Waals surface area contributed by atoms with E-state index < -0.39 is 15.9 Å². The van der Waals surface area contributed by atoms with Crippen molar-refractivity contribution >= 4 is 44.6 Å². The van der Waals surface area contributed by atoms with Crippen LogP contribution in [-0.4, -0.2) is 21.0 Å². The molecule has 0 aliphatic carbocycles. The molecule has 1 unspecified atom stereocenters. The van der Waals surface area contributed by atoms with Gasteiger partial charge in [-0.25, -0.2) is 8.42 Å². The topological polar surface area (TPSA) is 72.5 Å². The molecular weight excluding hydrogens is 370 g/mol. The molecule has 0 saturated carbocycles. The van der Waals surface area contributed by atoms with Crippen LogP contribution in [0.1, 0.15) is 30.2 Å². The van der Waals surface area contributed by atoms with E-state index in [0.29, 0.717) is 21.2 Å². The van der Waals surface area contributed by atoms with Crippen LogP contribution in [0.2, 0.25) is 5.02 Å². The molecule has 0 saturated heterocycles. The van der Waals surface area contributed by atoms with Crippen molar-refractivity contribution in [3.05, 3.63) is 45.1 Å². The second-order valence-corrected chi connectivity index (χ2v) is 8.15. The zero-order valence-electron chi connectivity index (χ0n) is 13.5. The number of halogens is 1. The summed E-state index contributed by atoms with van der Waals surface area (Å²) in [5, 5.41) is 2.11. The SMILES string of the molecule is CCOC(=O)C(C)c1sccc1NS(=O)(=O)c1cccc(Cl)c1C. The summed E-state index contributed by atoms with van der Waals surface area (Å²) in [7, 11) is -3.81. The monoisotopic (exact) mass is 387 g/mol. The molecule has 0 aliphatic heterocycles. The zero-order chi connectivity index (χ0) is 17.9. The van der Waals surface area contributed by atoms with Crippen molar-refractivity contribution in [2.75, 3.05) is 11.3 Å². The van der Waals surface area contributed by atoms with Crippen molar-refractivity contribution in [3.8, 4) is 0 Å². The van der Waals surface area contributed by atoms with E-state index >= 15 is 0 Å². The Balaban J connectivity index is 2.34. The molecule has 1 aromatic carbocycles. The lowest BCUT2D eigenvalue weighted by Crippen LogP contribution is -2.17. The van der Waals surface area contributed by atoms with Gasteiger partial charge in [-0.15, -0.1) is 11.3 Å². The van der Waals surface area contributed by atoms with E-state index in [0.717, 1.165) is 0 Å². The van der Waals surface area contributed by atoms with Crippen LogP contribution in [0.4, 0.5) is 5.69 Å². The van der Waals surface area contributed by atoms with Gasteiger partial charge >= 0.3 is 5.97 Å². The van der Waals surface area contributed by atoms with E-state index in [1.165, 1.54) is 17.4 Å². The molecule has 1 aromatic heterocycles. The van der Waals surface area contributed by atoms with E-state index in [1.807, 2.05) is 0 Å². The molecule has 1 atom stereocenters. The fraction of sp³-hybridized carbons (Fsp3) is 0.312. The Morgan fingerprint density at radius 2 is 2.08 bits per heavy atom. The number of benzene rings is 1. The summed E-state index contributed by atoms with van der Waals surface area (Å²) in [6.07, 6.45) is 0. The predicted molar refractivity (Wildman–Crippen MR) is 96.4 cm³/mol. The van der Waals surface area contributed by atoms with Crippen molar-refractivity contribution in [1.82, 2.24) is 0 Å². The Labute approximate surface area is 150 Å². The van der Waals surface area contributed by atoms with Gasteiger partial charge in [0, 0.05) is 9.90 Å². The Kier molecular flexibility index (Phi) is 5.90. The van der Waals surface area contributed by atoms with Gasteiger partial charge in [0.15, 0.2) is 0 Å². The summed E-state index contributed by atoms with van der Waals surface area (Å²) in [5.41, 5.74) is 0.849. The number of nitrogens with one attached hydrogen (secondary N) is 1. The van der Waals surface area contributed by atoms with Gasteiger partial charge in [0.1, 0.15) is 0 Å². The van der Waals surface area contributed by atoms with Crippen LogP contribution >= 0.6 is 22.9 Å². The van der Waals surface area contributed by atoms with Crippen molar-refractivity contribution in [3.63, 3.8) is 0 Å². The van der Waals surface area contributed by atoms with E-state index in [1.54, 1.807) is 44.4 Å². The van der Waals surface area contributed by atoms with Gasteiger partial charge in [0.2, 0.25) is 0 Å². The average Bonchev–Trinajstić information content (AvgIpc) is 2.96. The van der Waals surface area contributed by atoms with Crippen molar-refractivity contribution < 1.29 is 17.9 Å². The lowest BCUT2D eigenvalue weighted by molar-refractivity contribution is -0.144. The molecular formula is C16H18ClNO4S2. The lowest BCUT2D eigenvalue weighted by Gasteiger charge is -2.14. The third-order valence-corrected chi connectivity index (χ3v) is 6.50. The van der Waals surface area contributed by atoms with Crippen LogP contribution in [-0.2, 0) is 19.6 Å². The summed E-state index contributed by atoms with van der Waals surface area (Å²) in [5.74, 6) is -0.942. The number of anilines is 1. The largest absolute Gasteiger partial charge is 0.466 e. The summed E-state index contributed by atoms with van der Waals surface area (Å²) in [6, 6.07) is 6.34. The molecule has 2 aromatic rings. The Bertz CT molecular complexity index is 846.